The van der Waals surface area contributed by atoms with Crippen LogP contribution in [0.1, 0.15) is 17.4 Å². The normalized spacial score (nSPS) is 9.38. The average molecular weight is 198 g/mol. The topological polar surface area (TPSA) is 51.2 Å². The number of nitrogens with zero attached hydrogens (tertiary/aromatic N) is 1. The third-order valence-corrected chi connectivity index (χ3v) is 1.63. The Morgan fingerprint density at radius 2 is 2.54 bits per heavy atom. The molecule has 0 saturated carbocycles. The van der Waals surface area contributed by atoms with E-state index < -0.39 is 5.97 Å². The third-order valence-electron chi connectivity index (χ3n) is 1.37. The van der Waals surface area contributed by atoms with Crippen LogP contribution in [0.4, 0.5) is 5.69 Å². The van der Waals surface area contributed by atoms with Gasteiger partial charge in [-0.1, -0.05) is 12.8 Å². The van der Waals surface area contributed by atoms with E-state index in [9.17, 15) is 4.79 Å². The van der Waals surface area contributed by atoms with Crippen LogP contribution in [0.15, 0.2) is 18.3 Å². The van der Waals surface area contributed by atoms with Crippen molar-refractivity contribution in [3.05, 3.63) is 24.0 Å². The molecule has 0 radical (unpaired) electrons. The van der Waals surface area contributed by atoms with Gasteiger partial charge in [-0.15, -0.1) is 0 Å². The number of carbonyl (C=O) groups excluding carboxylic acids is 1. The fraction of sp³-hybridized carbons (Fsp3) is 0.250. The van der Waals surface area contributed by atoms with Gasteiger partial charge in [-0.25, -0.2) is 9.78 Å². The lowest BCUT2D eigenvalue weighted by atomic mass is 10.3. The number of carbonyl (C=O) groups is 1. The lowest BCUT2D eigenvalue weighted by Crippen LogP contribution is -2.06. The van der Waals surface area contributed by atoms with Crippen LogP contribution in [-0.2, 0) is 4.74 Å². The van der Waals surface area contributed by atoms with E-state index in [0.29, 0.717) is 12.3 Å². The van der Waals surface area contributed by atoms with Gasteiger partial charge >= 0.3 is 5.97 Å². The first-order chi connectivity index (χ1) is 6.27. The van der Waals surface area contributed by atoms with Gasteiger partial charge < -0.3 is 9.46 Å². The highest BCUT2D eigenvalue weighted by atomic mass is 32.1. The molecule has 0 aliphatic carbocycles. The van der Waals surface area contributed by atoms with Gasteiger partial charge in [0.15, 0.2) is 0 Å². The maximum Gasteiger partial charge on any atom is 0.356 e. The minimum Gasteiger partial charge on any atom is -0.461 e. The summed E-state index contributed by atoms with van der Waals surface area (Å²) in [6.45, 7) is 2.09. The number of ether oxygens (including phenoxy) is 1. The van der Waals surface area contributed by atoms with Crippen LogP contribution in [0.2, 0.25) is 0 Å². The summed E-state index contributed by atoms with van der Waals surface area (Å²) in [7, 11) is 0. The predicted molar refractivity (Wildman–Crippen MR) is 52.8 cm³/mol. The van der Waals surface area contributed by atoms with E-state index in [-0.39, 0.29) is 5.69 Å². The number of rotatable bonds is 3. The van der Waals surface area contributed by atoms with Crippen LogP contribution in [0.25, 0.3) is 0 Å². The Morgan fingerprint density at radius 1 is 1.77 bits per heavy atom. The summed E-state index contributed by atoms with van der Waals surface area (Å²) in [4.78, 5) is 15.0. The van der Waals surface area contributed by atoms with E-state index in [1.807, 2.05) is 0 Å². The summed E-state index contributed by atoms with van der Waals surface area (Å²) in [5, 5.41) is 0. The summed E-state index contributed by atoms with van der Waals surface area (Å²) < 4.78 is 7.38. The summed E-state index contributed by atoms with van der Waals surface area (Å²) in [6, 6.07) is 3.28. The van der Waals surface area contributed by atoms with Crippen molar-refractivity contribution in [2.24, 2.45) is 0 Å². The number of anilines is 1. The van der Waals surface area contributed by atoms with Gasteiger partial charge in [-0.05, 0) is 19.1 Å². The van der Waals surface area contributed by atoms with E-state index >= 15 is 0 Å². The molecular formula is C8H10N2O2S. The van der Waals surface area contributed by atoms with Crippen molar-refractivity contribution in [3.63, 3.8) is 0 Å². The van der Waals surface area contributed by atoms with Crippen LogP contribution < -0.4 is 4.72 Å². The molecule has 0 saturated heterocycles. The van der Waals surface area contributed by atoms with Crippen molar-refractivity contribution in [2.75, 3.05) is 11.3 Å². The van der Waals surface area contributed by atoms with Gasteiger partial charge in [0, 0.05) is 11.9 Å². The molecule has 1 heterocycles. The standard InChI is InChI=1S/C8H10N2O2S/c1-2-12-8(11)7-5-6(10-13)3-4-9-7/h3-5,13H,2H2,1H3,(H,9,10). The Morgan fingerprint density at radius 3 is 3.15 bits per heavy atom. The first kappa shape index (κ1) is 9.85. The zero-order valence-corrected chi connectivity index (χ0v) is 8.04. The number of pyridine rings is 1. The third kappa shape index (κ3) is 2.62. The Hall–Kier alpha value is -1.23. The molecule has 13 heavy (non-hydrogen) atoms. The van der Waals surface area contributed by atoms with Crippen molar-refractivity contribution in [3.8, 4) is 0 Å². The maximum absolute atomic E-state index is 11.2. The van der Waals surface area contributed by atoms with Crippen molar-refractivity contribution in [2.45, 2.75) is 6.92 Å². The molecule has 1 rings (SSSR count). The van der Waals surface area contributed by atoms with Crippen LogP contribution in [-0.4, -0.2) is 17.6 Å². The van der Waals surface area contributed by atoms with Gasteiger partial charge in [0.25, 0.3) is 0 Å². The maximum atomic E-state index is 11.2. The van der Waals surface area contributed by atoms with E-state index in [2.05, 4.69) is 22.5 Å². The molecular weight excluding hydrogens is 188 g/mol. The van der Waals surface area contributed by atoms with Gasteiger partial charge in [-0.2, -0.15) is 0 Å². The Balaban J connectivity index is 2.82. The van der Waals surface area contributed by atoms with E-state index in [0.717, 1.165) is 0 Å². The van der Waals surface area contributed by atoms with Gasteiger partial charge in [0.05, 0.1) is 6.61 Å². The van der Waals surface area contributed by atoms with Gasteiger partial charge in [-0.3, -0.25) is 0 Å². The monoisotopic (exact) mass is 198 g/mol. The summed E-state index contributed by atoms with van der Waals surface area (Å²) >= 11 is 3.85. The van der Waals surface area contributed by atoms with Crippen molar-refractivity contribution < 1.29 is 9.53 Å². The fourth-order valence-corrected chi connectivity index (χ4v) is 0.956. The molecule has 0 aliphatic rings. The molecule has 4 nitrogen and oxygen atoms in total. The highest BCUT2D eigenvalue weighted by molar-refractivity contribution is 7.81. The molecule has 1 aromatic rings. The second-order valence-corrected chi connectivity index (χ2v) is 2.49. The SMILES string of the molecule is CCOC(=O)c1cc(NS)ccn1. The zero-order chi connectivity index (χ0) is 9.68. The number of thiol groups is 1. The smallest absolute Gasteiger partial charge is 0.356 e. The van der Waals surface area contributed by atoms with Crippen LogP contribution in [0.5, 0.6) is 0 Å². The van der Waals surface area contributed by atoms with E-state index in [1.54, 1.807) is 19.1 Å². The molecule has 1 N–H and O–H groups in total. The molecule has 0 aliphatic heterocycles. The predicted octanol–water partition coefficient (Wildman–Crippen LogP) is 1.51. The average Bonchev–Trinajstić information content (AvgIpc) is 2.18. The van der Waals surface area contributed by atoms with E-state index in [4.69, 9.17) is 4.74 Å². The first-order valence-electron chi connectivity index (χ1n) is 3.81. The lowest BCUT2D eigenvalue weighted by molar-refractivity contribution is 0.0519. The molecule has 0 atom stereocenters. The molecule has 0 bridgehead atoms. The highest BCUT2D eigenvalue weighted by Gasteiger charge is 2.07. The summed E-state index contributed by atoms with van der Waals surface area (Å²) in [5.74, 6) is -0.423. The summed E-state index contributed by atoms with van der Waals surface area (Å²) in [5.41, 5.74) is 0.988. The Bertz CT molecular complexity index is 304. The zero-order valence-electron chi connectivity index (χ0n) is 7.15. The highest BCUT2D eigenvalue weighted by Crippen LogP contribution is 2.09. The number of hydrogen-bond donors (Lipinski definition) is 2. The molecule has 5 heteroatoms. The quantitative estimate of drug-likeness (QED) is 0.571. The van der Waals surface area contributed by atoms with Crippen molar-refractivity contribution in [1.29, 1.82) is 0 Å². The van der Waals surface area contributed by atoms with Gasteiger partial charge in [0.2, 0.25) is 0 Å². The van der Waals surface area contributed by atoms with Crippen LogP contribution in [0.3, 0.4) is 0 Å². The lowest BCUT2D eigenvalue weighted by Gasteiger charge is -2.02. The Labute approximate surface area is 81.9 Å². The molecule has 0 fully saturated rings. The second-order valence-electron chi connectivity index (χ2n) is 2.26. The van der Waals surface area contributed by atoms with Gasteiger partial charge in [0.1, 0.15) is 5.69 Å². The minimum atomic E-state index is -0.423. The molecule has 0 spiro atoms. The van der Waals surface area contributed by atoms with Crippen molar-refractivity contribution >= 4 is 24.5 Å². The first-order valence-corrected chi connectivity index (χ1v) is 4.26. The number of esters is 1. The second kappa shape index (κ2) is 4.71. The van der Waals surface area contributed by atoms with E-state index in [1.165, 1.54) is 6.20 Å². The number of aromatic nitrogens is 1. The molecule has 0 unspecified atom stereocenters. The molecule has 70 valence electrons. The molecule has 0 amide bonds. The molecule has 0 aromatic carbocycles. The van der Waals surface area contributed by atoms with Crippen LogP contribution in [0, 0.1) is 0 Å². The molecule has 1 aromatic heterocycles. The number of hydrogen-bond acceptors (Lipinski definition) is 5. The summed E-state index contributed by atoms with van der Waals surface area (Å²) in [6.07, 6.45) is 1.52. The number of nitrogens with one attached hydrogen (secondary N) is 1. The van der Waals surface area contributed by atoms with Crippen molar-refractivity contribution in [1.82, 2.24) is 4.98 Å². The largest absolute Gasteiger partial charge is 0.461 e. The van der Waals surface area contributed by atoms with Crippen LogP contribution >= 0.6 is 12.8 Å². The fourth-order valence-electron chi connectivity index (χ4n) is 0.817. The minimum absolute atomic E-state index is 0.279. The Kier molecular flexibility index (Phi) is 3.57.